The summed E-state index contributed by atoms with van der Waals surface area (Å²) < 4.78 is 49.3. The fourth-order valence-electron chi connectivity index (χ4n) is 3.89. The number of aliphatic hydroxyl groups excluding tert-OH is 1. The first-order chi connectivity index (χ1) is 15.5. The first-order valence-electron chi connectivity index (χ1n) is 10.00. The third-order valence-corrected chi connectivity index (χ3v) is 6.56. The molecule has 2 fully saturated rings. The number of imidazole rings is 1. The summed E-state index contributed by atoms with van der Waals surface area (Å²) in [4.78, 5) is 12.3. The molecule has 2 aromatic heterocycles. The highest BCUT2D eigenvalue weighted by molar-refractivity contribution is 7.85. The van der Waals surface area contributed by atoms with Gasteiger partial charge in [0, 0.05) is 0 Å². The molecule has 2 saturated heterocycles. The van der Waals surface area contributed by atoms with Gasteiger partial charge in [0.15, 0.2) is 22.8 Å². The summed E-state index contributed by atoms with van der Waals surface area (Å²) in [6.07, 6.45) is 1.28. The largest absolute Gasteiger partial charge is 0.412 e. The Morgan fingerprint density at radius 3 is 2.44 bits per heavy atom. The average molecular weight is 517 g/mol. The standard InChI is InChI=1S/C13H15ClN4O4.C7H8O3S.H2O/c1-13(2)21-8-6(3-19)20-12(9(8)22-13)18-5-17-7-10(14)15-4-16-11(7)18;1-6-4-2-3-5-7(6)11(8,9)10;/h4-6,8-9,12,19H,3H2,1-2H3;2-5H,1H3,(H,8,9,10);1H2/t6-,8-,9-,12-;;/m1../s1. The molecule has 0 spiro atoms. The molecule has 4 atom stereocenters. The van der Waals surface area contributed by atoms with Gasteiger partial charge >= 0.3 is 0 Å². The molecule has 5 rings (SSSR count). The van der Waals surface area contributed by atoms with Crippen molar-refractivity contribution in [2.24, 2.45) is 0 Å². The minimum absolute atomic E-state index is 0. The van der Waals surface area contributed by atoms with Gasteiger partial charge in [0.25, 0.3) is 10.1 Å². The Balaban J connectivity index is 0.000000231. The van der Waals surface area contributed by atoms with E-state index in [0.717, 1.165) is 0 Å². The van der Waals surface area contributed by atoms with E-state index in [1.807, 2.05) is 13.8 Å². The molecule has 0 radical (unpaired) electrons. The van der Waals surface area contributed by atoms with Gasteiger partial charge in [0.2, 0.25) is 0 Å². The topological polar surface area (TPSA) is 177 Å². The van der Waals surface area contributed by atoms with E-state index in [1.54, 1.807) is 36.0 Å². The second-order valence-electron chi connectivity index (χ2n) is 8.04. The normalized spacial score (nSPS) is 25.4. The van der Waals surface area contributed by atoms with Crippen molar-refractivity contribution in [1.29, 1.82) is 0 Å². The lowest BCUT2D eigenvalue weighted by Gasteiger charge is -2.24. The minimum atomic E-state index is -4.03. The zero-order valence-corrected chi connectivity index (χ0v) is 20.1. The van der Waals surface area contributed by atoms with Gasteiger partial charge in [-0.2, -0.15) is 8.42 Å². The number of nitrogens with zero attached hydrogens (tertiary/aromatic N) is 4. The van der Waals surface area contributed by atoms with Crippen LogP contribution in [-0.4, -0.2) is 73.8 Å². The Bertz CT molecular complexity index is 1270. The van der Waals surface area contributed by atoms with Crippen LogP contribution in [0.3, 0.4) is 0 Å². The molecule has 0 bridgehead atoms. The van der Waals surface area contributed by atoms with Crippen molar-refractivity contribution in [3.05, 3.63) is 47.6 Å². The molecule has 2 aliphatic heterocycles. The molecular weight excluding hydrogens is 492 g/mol. The van der Waals surface area contributed by atoms with E-state index in [4.69, 9.17) is 30.4 Å². The molecule has 14 heteroatoms. The highest BCUT2D eigenvalue weighted by Crippen LogP contribution is 2.43. The molecular formula is C20H25ClN4O8S. The second kappa shape index (κ2) is 9.79. The Hall–Kier alpha value is -2.23. The van der Waals surface area contributed by atoms with Gasteiger partial charge in [0.05, 0.1) is 17.8 Å². The zero-order chi connectivity index (χ0) is 24.0. The van der Waals surface area contributed by atoms with E-state index in [2.05, 4.69) is 15.0 Å². The molecule has 0 unspecified atom stereocenters. The molecule has 1 aromatic carbocycles. The average Bonchev–Trinajstić information content (AvgIpc) is 3.39. The molecule has 2 aliphatic rings. The van der Waals surface area contributed by atoms with Gasteiger partial charge in [-0.05, 0) is 32.4 Å². The quantitative estimate of drug-likeness (QED) is 0.381. The first kappa shape index (κ1) is 26.4. The summed E-state index contributed by atoms with van der Waals surface area (Å²) in [7, 11) is -4.03. The maximum absolute atomic E-state index is 10.6. The van der Waals surface area contributed by atoms with Gasteiger partial charge in [0.1, 0.15) is 30.2 Å². The Kier molecular flexibility index (Phi) is 7.60. The Morgan fingerprint density at radius 2 is 1.82 bits per heavy atom. The Labute approximate surface area is 200 Å². The van der Waals surface area contributed by atoms with Crippen LogP contribution in [0.2, 0.25) is 5.15 Å². The molecule has 186 valence electrons. The summed E-state index contributed by atoms with van der Waals surface area (Å²) in [5, 5.41) is 9.80. The highest BCUT2D eigenvalue weighted by Gasteiger charge is 2.55. The molecule has 0 aliphatic carbocycles. The van der Waals surface area contributed by atoms with Gasteiger partial charge in [-0.3, -0.25) is 9.12 Å². The van der Waals surface area contributed by atoms with Crippen LogP contribution in [0.5, 0.6) is 0 Å². The fraction of sp³-hybridized carbons (Fsp3) is 0.450. The van der Waals surface area contributed by atoms with E-state index >= 15 is 0 Å². The lowest BCUT2D eigenvalue weighted by molar-refractivity contribution is -0.199. The van der Waals surface area contributed by atoms with E-state index in [-0.39, 0.29) is 34.3 Å². The maximum atomic E-state index is 10.6. The van der Waals surface area contributed by atoms with Gasteiger partial charge < -0.3 is 24.8 Å². The number of fused-ring (bicyclic) bond motifs is 2. The second-order valence-corrected chi connectivity index (χ2v) is 9.79. The SMILES string of the molecule is CC1(C)O[C@@H]2[C@H](O1)[C@@H](CO)O[C@H]2n1cnc2c(Cl)ncnc21.Cc1ccccc1S(=O)(=O)O.O. The van der Waals surface area contributed by atoms with Crippen LogP contribution < -0.4 is 0 Å². The van der Waals surface area contributed by atoms with Crippen molar-refractivity contribution < 1.29 is 37.8 Å². The molecule has 4 heterocycles. The monoisotopic (exact) mass is 516 g/mol. The third kappa shape index (κ3) is 5.06. The summed E-state index contributed by atoms with van der Waals surface area (Å²) in [6.45, 7) is 5.15. The van der Waals surface area contributed by atoms with Crippen molar-refractivity contribution in [3.8, 4) is 0 Å². The van der Waals surface area contributed by atoms with Crippen LogP contribution in [0.25, 0.3) is 11.2 Å². The van der Waals surface area contributed by atoms with E-state index < -0.39 is 28.2 Å². The number of ether oxygens (including phenoxy) is 3. The molecule has 3 aromatic rings. The molecule has 0 saturated carbocycles. The van der Waals surface area contributed by atoms with Gasteiger partial charge in [-0.25, -0.2) is 15.0 Å². The smallest absolute Gasteiger partial charge is 0.294 e. The zero-order valence-electron chi connectivity index (χ0n) is 18.5. The van der Waals surface area contributed by atoms with E-state index in [0.29, 0.717) is 16.7 Å². The van der Waals surface area contributed by atoms with Crippen LogP contribution in [0.4, 0.5) is 0 Å². The number of benzene rings is 1. The lowest BCUT2D eigenvalue weighted by atomic mass is 10.1. The first-order valence-corrected chi connectivity index (χ1v) is 11.8. The number of halogens is 1. The Morgan fingerprint density at radius 1 is 1.15 bits per heavy atom. The summed E-state index contributed by atoms with van der Waals surface area (Å²) in [5.41, 5.74) is 1.60. The van der Waals surface area contributed by atoms with Crippen molar-refractivity contribution in [3.63, 3.8) is 0 Å². The molecule has 12 nitrogen and oxygen atoms in total. The number of aryl methyl sites for hydroxylation is 1. The number of hydrogen-bond donors (Lipinski definition) is 2. The predicted molar refractivity (Wildman–Crippen MR) is 120 cm³/mol. The molecule has 34 heavy (non-hydrogen) atoms. The highest BCUT2D eigenvalue weighted by atomic mass is 35.5. The number of aromatic nitrogens is 4. The summed E-state index contributed by atoms with van der Waals surface area (Å²) in [6, 6.07) is 6.27. The van der Waals surface area contributed by atoms with Crippen LogP contribution in [0.15, 0.2) is 41.8 Å². The van der Waals surface area contributed by atoms with E-state index in [9.17, 15) is 13.5 Å². The van der Waals surface area contributed by atoms with Crippen molar-refractivity contribution in [2.75, 3.05) is 6.61 Å². The fourth-order valence-corrected chi connectivity index (χ4v) is 4.79. The lowest BCUT2D eigenvalue weighted by Crippen LogP contribution is -2.31. The van der Waals surface area contributed by atoms with Crippen molar-refractivity contribution in [2.45, 2.75) is 56.0 Å². The molecule has 0 amide bonds. The number of aliphatic hydroxyl groups is 1. The molecule has 4 N–H and O–H groups in total. The predicted octanol–water partition coefficient (Wildman–Crippen LogP) is 1.31. The van der Waals surface area contributed by atoms with Crippen LogP contribution in [0, 0.1) is 6.92 Å². The van der Waals surface area contributed by atoms with Gasteiger partial charge in [-0.15, -0.1) is 0 Å². The minimum Gasteiger partial charge on any atom is -0.412 e. The van der Waals surface area contributed by atoms with Crippen LogP contribution in [-0.2, 0) is 24.3 Å². The van der Waals surface area contributed by atoms with Gasteiger partial charge in [-0.1, -0.05) is 29.8 Å². The number of rotatable bonds is 3. The maximum Gasteiger partial charge on any atom is 0.294 e. The number of hydrogen-bond acceptors (Lipinski definition) is 9. The van der Waals surface area contributed by atoms with E-state index in [1.165, 1.54) is 12.4 Å². The van der Waals surface area contributed by atoms with Crippen molar-refractivity contribution >= 4 is 32.9 Å². The van der Waals surface area contributed by atoms with Crippen LogP contribution >= 0.6 is 11.6 Å². The third-order valence-electron chi connectivity index (χ3n) is 5.27. The van der Waals surface area contributed by atoms with Crippen molar-refractivity contribution in [1.82, 2.24) is 19.5 Å². The van der Waals surface area contributed by atoms with Crippen LogP contribution in [0.1, 0.15) is 25.6 Å². The summed E-state index contributed by atoms with van der Waals surface area (Å²) in [5.74, 6) is -0.728. The summed E-state index contributed by atoms with van der Waals surface area (Å²) >= 11 is 6.03.